The fourth-order valence-electron chi connectivity index (χ4n) is 1.67. The number of anilines is 1. The average molecular weight is 250 g/mol. The Labute approximate surface area is 104 Å². The molecule has 2 aromatic rings. The Morgan fingerprint density at radius 1 is 1.18 bits per heavy atom. The monoisotopic (exact) mass is 250 g/mol. The Kier molecular flexibility index (Phi) is 3.01. The highest BCUT2D eigenvalue weighted by molar-refractivity contribution is 7.98. The largest absolute Gasteiger partial charge is 0.368 e. The summed E-state index contributed by atoms with van der Waals surface area (Å²) in [5, 5.41) is 4.96. The maximum absolute atomic E-state index is 5.68. The lowest BCUT2D eigenvalue weighted by atomic mass is 10.2. The quantitative estimate of drug-likeness (QED) is 0.806. The molecule has 0 amide bonds. The van der Waals surface area contributed by atoms with Gasteiger partial charge in [-0.2, -0.15) is 15.1 Å². The van der Waals surface area contributed by atoms with E-state index in [1.54, 1.807) is 0 Å². The van der Waals surface area contributed by atoms with Crippen LogP contribution in [0.15, 0.2) is 5.16 Å². The van der Waals surface area contributed by atoms with Crippen molar-refractivity contribution in [1.29, 1.82) is 0 Å². The third-order valence-corrected chi connectivity index (χ3v) is 3.10. The summed E-state index contributed by atoms with van der Waals surface area (Å²) in [5.41, 5.74) is 8.51. The average Bonchev–Trinajstić information content (AvgIpc) is 2.52. The fraction of sp³-hybridized carbons (Fsp3) is 0.400. The van der Waals surface area contributed by atoms with Crippen molar-refractivity contribution < 1.29 is 0 Å². The Balaban J connectivity index is 2.63. The number of rotatable bonds is 2. The van der Waals surface area contributed by atoms with Gasteiger partial charge in [0.1, 0.15) is 0 Å². The van der Waals surface area contributed by atoms with E-state index in [2.05, 4.69) is 20.1 Å². The summed E-state index contributed by atoms with van der Waals surface area (Å²) in [7, 11) is 1.89. The molecule has 2 heterocycles. The molecule has 0 saturated carbocycles. The second kappa shape index (κ2) is 4.33. The summed E-state index contributed by atoms with van der Waals surface area (Å²) in [4.78, 5) is 12.6. The van der Waals surface area contributed by atoms with Crippen LogP contribution in [0.4, 0.5) is 5.95 Å². The van der Waals surface area contributed by atoms with Crippen molar-refractivity contribution in [1.82, 2.24) is 24.7 Å². The molecule has 0 bridgehead atoms. The Morgan fingerprint density at radius 3 is 2.41 bits per heavy atom. The molecule has 90 valence electrons. The van der Waals surface area contributed by atoms with Gasteiger partial charge in [-0.3, -0.25) is 4.68 Å². The zero-order valence-electron chi connectivity index (χ0n) is 10.2. The van der Waals surface area contributed by atoms with Crippen molar-refractivity contribution in [2.24, 2.45) is 7.05 Å². The first-order valence-electron chi connectivity index (χ1n) is 5.09. The topological polar surface area (TPSA) is 82.5 Å². The predicted octanol–water partition coefficient (Wildman–Crippen LogP) is 1.19. The molecule has 0 aliphatic heterocycles. The van der Waals surface area contributed by atoms with E-state index < -0.39 is 0 Å². The summed E-state index contributed by atoms with van der Waals surface area (Å²) in [5.74, 6) is 0.826. The van der Waals surface area contributed by atoms with Gasteiger partial charge in [0.15, 0.2) is 11.0 Å². The maximum Gasteiger partial charge on any atom is 0.224 e. The smallest absolute Gasteiger partial charge is 0.224 e. The van der Waals surface area contributed by atoms with Crippen LogP contribution < -0.4 is 5.73 Å². The molecule has 6 nitrogen and oxygen atoms in total. The third kappa shape index (κ3) is 2.10. The molecule has 0 saturated heterocycles. The SMILES string of the molecule is CSc1nc(N)nc(-c2c(C)nn(C)c2C)n1. The fourth-order valence-corrected chi connectivity index (χ4v) is 2.03. The van der Waals surface area contributed by atoms with Gasteiger partial charge in [-0.05, 0) is 20.1 Å². The van der Waals surface area contributed by atoms with E-state index in [0.717, 1.165) is 17.0 Å². The molecule has 2 aromatic heterocycles. The van der Waals surface area contributed by atoms with Crippen molar-refractivity contribution in [3.05, 3.63) is 11.4 Å². The standard InChI is InChI=1S/C10H14N6S/c1-5-7(6(2)16(3)15-5)8-12-9(11)14-10(13-8)17-4/h1-4H3,(H2,11,12,13,14). The molecule has 2 N–H and O–H groups in total. The van der Waals surface area contributed by atoms with Crippen molar-refractivity contribution in [2.45, 2.75) is 19.0 Å². The van der Waals surface area contributed by atoms with Crippen LogP contribution in [0.3, 0.4) is 0 Å². The molecular weight excluding hydrogens is 236 g/mol. The number of nitrogens with zero attached hydrogens (tertiary/aromatic N) is 5. The molecule has 0 aliphatic carbocycles. The van der Waals surface area contributed by atoms with Crippen molar-refractivity contribution in [2.75, 3.05) is 12.0 Å². The molecule has 0 spiro atoms. The van der Waals surface area contributed by atoms with Crippen LogP contribution >= 0.6 is 11.8 Å². The second-order valence-electron chi connectivity index (χ2n) is 3.67. The van der Waals surface area contributed by atoms with Crippen LogP contribution in [0.5, 0.6) is 0 Å². The van der Waals surface area contributed by atoms with Gasteiger partial charge in [0.2, 0.25) is 5.95 Å². The number of nitrogen functional groups attached to an aromatic ring is 1. The lowest BCUT2D eigenvalue weighted by Gasteiger charge is -2.03. The van der Waals surface area contributed by atoms with Gasteiger partial charge in [-0.1, -0.05) is 11.8 Å². The highest BCUT2D eigenvalue weighted by Gasteiger charge is 2.15. The molecule has 0 atom stereocenters. The van der Waals surface area contributed by atoms with E-state index in [0.29, 0.717) is 11.0 Å². The molecule has 17 heavy (non-hydrogen) atoms. The van der Waals surface area contributed by atoms with Gasteiger partial charge >= 0.3 is 0 Å². The summed E-state index contributed by atoms with van der Waals surface area (Å²) in [6.45, 7) is 3.91. The van der Waals surface area contributed by atoms with Gasteiger partial charge in [-0.15, -0.1) is 0 Å². The molecule has 0 fully saturated rings. The molecule has 0 aliphatic rings. The minimum Gasteiger partial charge on any atom is -0.368 e. The number of aryl methyl sites for hydroxylation is 2. The highest BCUT2D eigenvalue weighted by Crippen LogP contribution is 2.24. The van der Waals surface area contributed by atoms with Crippen molar-refractivity contribution in [3.8, 4) is 11.4 Å². The molecular formula is C10H14N6S. The van der Waals surface area contributed by atoms with Crippen LogP contribution in [-0.4, -0.2) is 31.0 Å². The van der Waals surface area contributed by atoms with Gasteiger partial charge in [0, 0.05) is 12.7 Å². The maximum atomic E-state index is 5.68. The van der Waals surface area contributed by atoms with Gasteiger partial charge in [0.25, 0.3) is 0 Å². The number of hydrogen-bond donors (Lipinski definition) is 1. The minimum atomic E-state index is 0.238. The summed E-state index contributed by atoms with van der Waals surface area (Å²) in [6.07, 6.45) is 1.90. The van der Waals surface area contributed by atoms with E-state index in [1.807, 2.05) is 31.8 Å². The van der Waals surface area contributed by atoms with Crippen molar-refractivity contribution >= 4 is 17.7 Å². The number of thioether (sulfide) groups is 1. The van der Waals surface area contributed by atoms with Crippen LogP contribution in [0.1, 0.15) is 11.4 Å². The number of hydrogen-bond acceptors (Lipinski definition) is 6. The third-order valence-electron chi connectivity index (χ3n) is 2.55. The van der Waals surface area contributed by atoms with Gasteiger partial charge in [-0.25, -0.2) is 4.98 Å². The zero-order valence-corrected chi connectivity index (χ0v) is 11.0. The molecule has 0 unspecified atom stereocenters. The summed E-state index contributed by atoms with van der Waals surface area (Å²) in [6, 6.07) is 0. The summed E-state index contributed by atoms with van der Waals surface area (Å²) < 4.78 is 1.81. The second-order valence-corrected chi connectivity index (χ2v) is 4.45. The van der Waals surface area contributed by atoms with Crippen molar-refractivity contribution in [3.63, 3.8) is 0 Å². The highest BCUT2D eigenvalue weighted by atomic mass is 32.2. The Hall–Kier alpha value is -1.63. The van der Waals surface area contributed by atoms with E-state index in [9.17, 15) is 0 Å². The molecule has 2 rings (SSSR count). The first-order valence-corrected chi connectivity index (χ1v) is 6.31. The van der Waals surface area contributed by atoms with Gasteiger partial charge in [0.05, 0.1) is 11.3 Å². The van der Waals surface area contributed by atoms with E-state index in [-0.39, 0.29) is 5.95 Å². The van der Waals surface area contributed by atoms with Crippen LogP contribution in [0.2, 0.25) is 0 Å². The first kappa shape index (κ1) is 11.8. The van der Waals surface area contributed by atoms with Gasteiger partial charge < -0.3 is 5.73 Å². The normalized spacial score (nSPS) is 10.8. The molecule has 0 radical (unpaired) electrons. The lowest BCUT2D eigenvalue weighted by Crippen LogP contribution is -2.02. The predicted molar refractivity (Wildman–Crippen MR) is 67.7 cm³/mol. The molecule has 0 aromatic carbocycles. The lowest BCUT2D eigenvalue weighted by molar-refractivity contribution is 0.731. The first-order chi connectivity index (χ1) is 8.02. The van der Waals surface area contributed by atoms with E-state index in [4.69, 9.17) is 5.73 Å². The molecule has 7 heteroatoms. The van der Waals surface area contributed by atoms with E-state index in [1.165, 1.54) is 11.8 Å². The Bertz CT molecular complexity index is 562. The van der Waals surface area contributed by atoms with E-state index >= 15 is 0 Å². The Morgan fingerprint density at radius 2 is 1.88 bits per heavy atom. The van der Waals surface area contributed by atoms with Crippen LogP contribution in [-0.2, 0) is 7.05 Å². The summed E-state index contributed by atoms with van der Waals surface area (Å²) >= 11 is 1.44. The minimum absolute atomic E-state index is 0.238. The number of nitrogens with two attached hydrogens (primary N) is 1. The zero-order chi connectivity index (χ0) is 12.6. The van der Waals surface area contributed by atoms with Crippen LogP contribution in [0, 0.1) is 13.8 Å². The number of aromatic nitrogens is 5. The van der Waals surface area contributed by atoms with Crippen LogP contribution in [0.25, 0.3) is 11.4 Å².